The van der Waals surface area contributed by atoms with Gasteiger partial charge in [0.15, 0.2) is 6.29 Å². The van der Waals surface area contributed by atoms with Gasteiger partial charge in [0.05, 0.1) is 19.1 Å². The Bertz CT molecular complexity index is 359. The van der Waals surface area contributed by atoms with E-state index in [9.17, 15) is 4.79 Å². The molecule has 4 nitrogen and oxygen atoms in total. The lowest BCUT2D eigenvalue weighted by Gasteiger charge is -2.28. The normalized spacial score (nSPS) is 37.6. The van der Waals surface area contributed by atoms with Crippen molar-refractivity contribution in [2.75, 3.05) is 13.7 Å². The van der Waals surface area contributed by atoms with E-state index in [0.717, 1.165) is 37.9 Å². The molecule has 0 radical (unpaired) electrons. The molecule has 1 aliphatic heterocycles. The lowest BCUT2D eigenvalue weighted by Crippen LogP contribution is -2.32. The number of hydrogen-bond acceptors (Lipinski definition) is 4. The maximum atomic E-state index is 12.0. The van der Waals surface area contributed by atoms with Crippen LogP contribution in [0.1, 0.15) is 39.5 Å². The minimum Gasteiger partial charge on any atom is -0.469 e. The molecule has 2 fully saturated rings. The smallest absolute Gasteiger partial charge is 0.309 e. The lowest BCUT2D eigenvalue weighted by atomic mass is 9.86. The molecular formula is C16H26O4. The maximum absolute atomic E-state index is 12.0. The fourth-order valence-electron chi connectivity index (χ4n) is 3.42. The maximum Gasteiger partial charge on any atom is 0.309 e. The van der Waals surface area contributed by atoms with E-state index in [1.165, 1.54) is 7.11 Å². The minimum atomic E-state index is -0.152. The molecule has 0 amide bonds. The summed E-state index contributed by atoms with van der Waals surface area (Å²) in [5.41, 5.74) is 1.03. The molecule has 1 aliphatic carbocycles. The van der Waals surface area contributed by atoms with E-state index in [4.69, 9.17) is 14.2 Å². The van der Waals surface area contributed by atoms with Gasteiger partial charge < -0.3 is 14.2 Å². The van der Waals surface area contributed by atoms with Crippen LogP contribution in [0.15, 0.2) is 12.2 Å². The van der Waals surface area contributed by atoms with Gasteiger partial charge in [0.25, 0.3) is 0 Å². The molecule has 1 saturated carbocycles. The van der Waals surface area contributed by atoms with Crippen molar-refractivity contribution in [3.63, 3.8) is 0 Å². The quantitative estimate of drug-likeness (QED) is 0.587. The fraction of sp³-hybridized carbons (Fsp3) is 0.812. The summed E-state index contributed by atoms with van der Waals surface area (Å²) in [5.74, 6) is -0.0204. The molecule has 1 saturated heterocycles. The molecule has 5 atom stereocenters. The zero-order valence-corrected chi connectivity index (χ0v) is 12.8. The summed E-state index contributed by atoms with van der Waals surface area (Å²) in [7, 11) is 1.45. The van der Waals surface area contributed by atoms with Gasteiger partial charge in [0.1, 0.15) is 0 Å². The van der Waals surface area contributed by atoms with Gasteiger partial charge in [0.2, 0.25) is 0 Å². The van der Waals surface area contributed by atoms with Crippen molar-refractivity contribution in [3.05, 3.63) is 12.2 Å². The largest absolute Gasteiger partial charge is 0.469 e. The van der Waals surface area contributed by atoms with E-state index in [0.29, 0.717) is 0 Å². The summed E-state index contributed by atoms with van der Waals surface area (Å²) in [4.78, 5) is 12.0. The average molecular weight is 282 g/mol. The third kappa shape index (κ3) is 3.23. The minimum absolute atomic E-state index is 0.0453. The Morgan fingerprint density at radius 2 is 2.10 bits per heavy atom. The first-order valence-corrected chi connectivity index (χ1v) is 7.55. The Kier molecular flexibility index (Phi) is 5.22. The number of carbonyl (C=O) groups is 1. The van der Waals surface area contributed by atoms with Crippen LogP contribution in [0.4, 0.5) is 0 Å². The van der Waals surface area contributed by atoms with Crippen molar-refractivity contribution in [1.82, 2.24) is 0 Å². The fourth-order valence-corrected chi connectivity index (χ4v) is 3.42. The number of ether oxygens (including phenoxy) is 3. The van der Waals surface area contributed by atoms with E-state index in [1.807, 2.05) is 6.92 Å². The van der Waals surface area contributed by atoms with E-state index in [1.54, 1.807) is 0 Å². The van der Waals surface area contributed by atoms with Crippen molar-refractivity contribution < 1.29 is 19.0 Å². The summed E-state index contributed by atoms with van der Waals surface area (Å²) >= 11 is 0. The van der Waals surface area contributed by atoms with Crippen molar-refractivity contribution in [2.45, 2.75) is 51.9 Å². The Balaban J connectivity index is 2.03. The van der Waals surface area contributed by atoms with Crippen molar-refractivity contribution in [2.24, 2.45) is 17.8 Å². The van der Waals surface area contributed by atoms with Crippen LogP contribution in [-0.2, 0) is 19.0 Å². The predicted molar refractivity (Wildman–Crippen MR) is 76.1 cm³/mol. The van der Waals surface area contributed by atoms with Gasteiger partial charge in [-0.05, 0) is 44.4 Å². The van der Waals surface area contributed by atoms with E-state index >= 15 is 0 Å². The van der Waals surface area contributed by atoms with Crippen LogP contribution in [0.3, 0.4) is 0 Å². The zero-order valence-electron chi connectivity index (χ0n) is 12.8. The molecule has 1 heterocycles. The van der Waals surface area contributed by atoms with Gasteiger partial charge in [-0.1, -0.05) is 19.1 Å². The second-order valence-corrected chi connectivity index (χ2v) is 6.07. The number of methoxy groups -OCH3 is 1. The number of esters is 1. The molecule has 4 heteroatoms. The zero-order chi connectivity index (χ0) is 14.7. The molecule has 20 heavy (non-hydrogen) atoms. The van der Waals surface area contributed by atoms with Gasteiger partial charge in [-0.3, -0.25) is 4.79 Å². The number of carbonyl (C=O) groups excluding carboxylic acids is 1. The molecule has 2 aliphatic rings. The first-order chi connectivity index (χ1) is 9.54. The standard InChI is InChI=1S/C16H26O4/c1-10(2)12-9-13(11(3)15(12)16(17)18-4)20-14-7-5-6-8-19-14/h11-15H,1,5-9H2,2-4H3/t11-,12+,13-,14?,15-/m0/s1. The molecule has 1 unspecified atom stereocenters. The third-order valence-electron chi connectivity index (χ3n) is 4.64. The van der Waals surface area contributed by atoms with Crippen LogP contribution in [-0.4, -0.2) is 32.1 Å². The van der Waals surface area contributed by atoms with Crippen LogP contribution < -0.4 is 0 Å². The second kappa shape index (κ2) is 6.72. The van der Waals surface area contributed by atoms with Crippen LogP contribution in [0.2, 0.25) is 0 Å². The van der Waals surface area contributed by atoms with E-state index in [2.05, 4.69) is 13.5 Å². The highest BCUT2D eigenvalue weighted by molar-refractivity contribution is 5.74. The summed E-state index contributed by atoms with van der Waals surface area (Å²) in [6, 6.07) is 0. The highest BCUT2D eigenvalue weighted by atomic mass is 16.7. The molecule has 0 bridgehead atoms. The molecule has 0 aromatic heterocycles. The van der Waals surface area contributed by atoms with Crippen molar-refractivity contribution in [1.29, 1.82) is 0 Å². The first kappa shape index (κ1) is 15.5. The average Bonchev–Trinajstić information content (AvgIpc) is 2.77. The molecule has 0 aromatic rings. The van der Waals surface area contributed by atoms with Gasteiger partial charge in [-0.25, -0.2) is 0 Å². The SMILES string of the molecule is C=C(C)[C@H]1C[C@H](OC2CCCCO2)[C@H](C)[C@@H]1C(=O)OC. The molecular weight excluding hydrogens is 256 g/mol. The Morgan fingerprint density at radius 3 is 2.65 bits per heavy atom. The second-order valence-electron chi connectivity index (χ2n) is 6.07. The predicted octanol–water partition coefficient (Wildman–Crippen LogP) is 2.92. The van der Waals surface area contributed by atoms with Crippen molar-refractivity contribution in [3.8, 4) is 0 Å². The highest BCUT2D eigenvalue weighted by Crippen LogP contribution is 2.43. The highest BCUT2D eigenvalue weighted by Gasteiger charge is 2.47. The van der Waals surface area contributed by atoms with Crippen LogP contribution in [0.5, 0.6) is 0 Å². The molecule has 0 spiro atoms. The Hall–Kier alpha value is -0.870. The van der Waals surface area contributed by atoms with Crippen LogP contribution in [0, 0.1) is 17.8 Å². The molecule has 0 aromatic carbocycles. The van der Waals surface area contributed by atoms with Gasteiger partial charge in [0, 0.05) is 6.61 Å². The van der Waals surface area contributed by atoms with Crippen LogP contribution >= 0.6 is 0 Å². The van der Waals surface area contributed by atoms with E-state index in [-0.39, 0.29) is 36.1 Å². The summed E-state index contributed by atoms with van der Waals surface area (Å²) in [6.45, 7) is 8.85. The topological polar surface area (TPSA) is 44.8 Å². The molecule has 114 valence electrons. The lowest BCUT2D eigenvalue weighted by molar-refractivity contribution is -0.195. The Morgan fingerprint density at radius 1 is 1.35 bits per heavy atom. The monoisotopic (exact) mass is 282 g/mol. The van der Waals surface area contributed by atoms with Crippen molar-refractivity contribution >= 4 is 5.97 Å². The third-order valence-corrected chi connectivity index (χ3v) is 4.64. The Labute approximate surface area is 121 Å². The van der Waals surface area contributed by atoms with Gasteiger partial charge >= 0.3 is 5.97 Å². The number of rotatable bonds is 4. The van der Waals surface area contributed by atoms with Gasteiger partial charge in [-0.15, -0.1) is 0 Å². The number of hydrogen-bond donors (Lipinski definition) is 0. The first-order valence-electron chi connectivity index (χ1n) is 7.55. The molecule has 0 N–H and O–H groups in total. The molecule has 2 rings (SSSR count). The number of allylic oxidation sites excluding steroid dienone is 1. The van der Waals surface area contributed by atoms with Crippen LogP contribution in [0.25, 0.3) is 0 Å². The summed E-state index contributed by atoms with van der Waals surface area (Å²) < 4.78 is 16.7. The summed E-state index contributed by atoms with van der Waals surface area (Å²) in [5, 5.41) is 0. The van der Waals surface area contributed by atoms with E-state index < -0.39 is 0 Å². The summed E-state index contributed by atoms with van der Waals surface area (Å²) in [6.07, 6.45) is 3.97. The van der Waals surface area contributed by atoms with Gasteiger partial charge in [-0.2, -0.15) is 0 Å².